The monoisotopic (exact) mass is 345 g/mol. The average molecular weight is 345 g/mol. The molecule has 134 valence electrons. The van der Waals surface area contributed by atoms with Crippen LogP contribution in [0.3, 0.4) is 0 Å². The summed E-state index contributed by atoms with van der Waals surface area (Å²) in [5.74, 6) is 0.604. The van der Waals surface area contributed by atoms with E-state index in [1.165, 1.54) is 0 Å². The van der Waals surface area contributed by atoms with Crippen LogP contribution in [0.15, 0.2) is 24.3 Å². The van der Waals surface area contributed by atoms with Gasteiger partial charge in [-0.05, 0) is 17.7 Å². The number of rotatable bonds is 7. The van der Waals surface area contributed by atoms with E-state index in [4.69, 9.17) is 14.2 Å². The summed E-state index contributed by atoms with van der Waals surface area (Å²) >= 11 is 0. The highest BCUT2D eigenvalue weighted by Crippen LogP contribution is 2.21. The van der Waals surface area contributed by atoms with Gasteiger partial charge in [0.15, 0.2) is 5.69 Å². The van der Waals surface area contributed by atoms with Crippen molar-refractivity contribution < 1.29 is 19.0 Å². The zero-order chi connectivity index (χ0) is 17.6. The third-order valence-electron chi connectivity index (χ3n) is 4.23. The minimum Gasteiger partial charge on any atom is -0.497 e. The summed E-state index contributed by atoms with van der Waals surface area (Å²) in [6, 6.07) is 7.59. The molecule has 2 aromatic rings. The molecule has 1 aliphatic rings. The van der Waals surface area contributed by atoms with Gasteiger partial charge in [0.2, 0.25) is 0 Å². The van der Waals surface area contributed by atoms with Crippen LogP contribution in [-0.2, 0) is 35.6 Å². The maximum atomic E-state index is 12.6. The standard InChI is InChI=1S/C18H23N3O4/c1-23-10-8-21-16-7-9-25-12-15(16)17(20-21)18(22)19-11-13-3-5-14(24-2)6-4-13/h3-6H,7-12H2,1-2H3,(H,19,22). The number of hydrogen-bond donors (Lipinski definition) is 1. The van der Waals surface area contributed by atoms with Crippen LogP contribution in [0.5, 0.6) is 5.75 Å². The van der Waals surface area contributed by atoms with Crippen LogP contribution in [0, 0.1) is 0 Å². The third kappa shape index (κ3) is 4.00. The van der Waals surface area contributed by atoms with Gasteiger partial charge in [0.1, 0.15) is 5.75 Å². The fourth-order valence-corrected chi connectivity index (χ4v) is 2.86. The van der Waals surface area contributed by atoms with Gasteiger partial charge in [0.25, 0.3) is 5.91 Å². The molecular formula is C18H23N3O4. The molecule has 1 aliphatic heterocycles. The lowest BCUT2D eigenvalue weighted by atomic mass is 10.1. The molecule has 0 spiro atoms. The van der Waals surface area contributed by atoms with Crippen LogP contribution in [0.1, 0.15) is 27.3 Å². The van der Waals surface area contributed by atoms with Crippen LogP contribution < -0.4 is 10.1 Å². The summed E-state index contributed by atoms with van der Waals surface area (Å²) in [6.07, 6.45) is 0.762. The molecule has 0 fully saturated rings. The minimum absolute atomic E-state index is 0.186. The quantitative estimate of drug-likeness (QED) is 0.824. The Hall–Kier alpha value is -2.38. The second-order valence-corrected chi connectivity index (χ2v) is 5.82. The predicted octanol–water partition coefficient (Wildman–Crippen LogP) is 1.54. The van der Waals surface area contributed by atoms with Crippen LogP contribution >= 0.6 is 0 Å². The molecule has 1 amide bonds. The van der Waals surface area contributed by atoms with Gasteiger partial charge >= 0.3 is 0 Å². The van der Waals surface area contributed by atoms with Gasteiger partial charge in [-0.15, -0.1) is 0 Å². The van der Waals surface area contributed by atoms with Crippen molar-refractivity contribution in [3.05, 3.63) is 46.8 Å². The van der Waals surface area contributed by atoms with Gasteiger partial charge in [0.05, 0.1) is 33.5 Å². The van der Waals surface area contributed by atoms with Gasteiger partial charge in [-0.2, -0.15) is 5.10 Å². The van der Waals surface area contributed by atoms with Gasteiger partial charge in [-0.25, -0.2) is 0 Å². The van der Waals surface area contributed by atoms with Gasteiger partial charge < -0.3 is 19.5 Å². The van der Waals surface area contributed by atoms with Crippen LogP contribution in [0.2, 0.25) is 0 Å². The fraction of sp³-hybridized carbons (Fsp3) is 0.444. The molecule has 1 aromatic heterocycles. The van der Waals surface area contributed by atoms with E-state index >= 15 is 0 Å². The smallest absolute Gasteiger partial charge is 0.272 e. The maximum absolute atomic E-state index is 12.6. The fourth-order valence-electron chi connectivity index (χ4n) is 2.86. The van der Waals surface area contributed by atoms with E-state index in [-0.39, 0.29) is 5.91 Å². The number of fused-ring (bicyclic) bond motifs is 1. The molecule has 7 nitrogen and oxygen atoms in total. The molecule has 1 aromatic carbocycles. The lowest BCUT2D eigenvalue weighted by Gasteiger charge is -2.14. The number of amides is 1. The minimum atomic E-state index is -0.186. The molecule has 3 rings (SSSR count). The zero-order valence-electron chi connectivity index (χ0n) is 14.6. The van der Waals surface area contributed by atoms with Crippen LogP contribution in [0.4, 0.5) is 0 Å². The molecule has 0 unspecified atom stereocenters. The molecule has 25 heavy (non-hydrogen) atoms. The normalized spacial score (nSPS) is 13.4. The van der Waals surface area contributed by atoms with Gasteiger partial charge in [-0.1, -0.05) is 12.1 Å². The number of hydrogen-bond acceptors (Lipinski definition) is 5. The van der Waals surface area contributed by atoms with Crippen molar-refractivity contribution >= 4 is 5.91 Å². The topological polar surface area (TPSA) is 74.6 Å². The lowest BCUT2D eigenvalue weighted by Crippen LogP contribution is -2.25. The predicted molar refractivity (Wildman–Crippen MR) is 91.6 cm³/mol. The molecule has 0 saturated heterocycles. The molecule has 0 saturated carbocycles. The molecule has 0 atom stereocenters. The van der Waals surface area contributed by atoms with E-state index in [2.05, 4.69) is 10.4 Å². The van der Waals surface area contributed by atoms with E-state index in [1.54, 1.807) is 14.2 Å². The van der Waals surface area contributed by atoms with Gasteiger partial charge in [0, 0.05) is 31.3 Å². The first kappa shape index (κ1) is 17.4. The van der Waals surface area contributed by atoms with E-state index < -0.39 is 0 Å². The summed E-state index contributed by atoms with van der Waals surface area (Å²) < 4.78 is 17.6. The van der Waals surface area contributed by atoms with Gasteiger partial charge in [-0.3, -0.25) is 9.48 Å². The number of nitrogens with zero attached hydrogens (tertiary/aromatic N) is 2. The molecule has 0 bridgehead atoms. The van der Waals surface area contributed by atoms with Crippen molar-refractivity contribution in [2.75, 3.05) is 27.4 Å². The first-order valence-corrected chi connectivity index (χ1v) is 8.29. The summed E-state index contributed by atoms with van der Waals surface area (Å²) in [6.45, 7) is 2.70. The first-order chi connectivity index (χ1) is 12.2. The molecular weight excluding hydrogens is 322 g/mol. The number of nitrogens with one attached hydrogen (secondary N) is 1. The maximum Gasteiger partial charge on any atom is 0.272 e. The first-order valence-electron chi connectivity index (χ1n) is 8.29. The summed E-state index contributed by atoms with van der Waals surface area (Å²) in [7, 11) is 3.28. The largest absolute Gasteiger partial charge is 0.497 e. The molecule has 7 heteroatoms. The Kier molecular flexibility index (Phi) is 5.67. The number of ether oxygens (including phenoxy) is 3. The Morgan fingerprint density at radius 3 is 2.84 bits per heavy atom. The highest BCUT2D eigenvalue weighted by Gasteiger charge is 2.25. The highest BCUT2D eigenvalue weighted by molar-refractivity contribution is 5.94. The van der Waals surface area contributed by atoms with E-state index in [1.807, 2.05) is 28.9 Å². The molecule has 1 N–H and O–H groups in total. The summed E-state index contributed by atoms with van der Waals surface area (Å²) in [5.41, 5.74) is 3.39. The SMILES string of the molecule is COCCn1nc(C(=O)NCc2ccc(OC)cc2)c2c1CCOC2. The molecule has 2 heterocycles. The number of benzene rings is 1. The number of carbonyl (C=O) groups excluding carboxylic acids is 1. The average Bonchev–Trinajstić information content (AvgIpc) is 3.04. The zero-order valence-corrected chi connectivity index (χ0v) is 14.6. The Morgan fingerprint density at radius 1 is 1.32 bits per heavy atom. The Morgan fingerprint density at radius 2 is 2.12 bits per heavy atom. The van der Waals surface area contributed by atoms with Crippen molar-refractivity contribution in [3.63, 3.8) is 0 Å². The van der Waals surface area contributed by atoms with E-state index in [9.17, 15) is 4.79 Å². The second kappa shape index (κ2) is 8.13. The Balaban J connectivity index is 1.71. The Bertz CT molecular complexity index is 725. The van der Waals surface area contributed by atoms with Crippen molar-refractivity contribution in [1.82, 2.24) is 15.1 Å². The van der Waals surface area contributed by atoms with Crippen molar-refractivity contribution in [3.8, 4) is 5.75 Å². The van der Waals surface area contributed by atoms with Crippen LogP contribution in [0.25, 0.3) is 0 Å². The Labute approximate surface area is 146 Å². The second-order valence-electron chi connectivity index (χ2n) is 5.82. The van der Waals surface area contributed by atoms with E-state index in [0.717, 1.165) is 29.0 Å². The van der Waals surface area contributed by atoms with Crippen molar-refractivity contribution in [2.24, 2.45) is 0 Å². The number of aromatic nitrogens is 2. The summed E-state index contributed by atoms with van der Waals surface area (Å²) in [5, 5.41) is 7.42. The number of methoxy groups -OCH3 is 2. The van der Waals surface area contributed by atoms with E-state index in [0.29, 0.717) is 38.6 Å². The lowest BCUT2D eigenvalue weighted by molar-refractivity contribution is 0.0922. The van der Waals surface area contributed by atoms with Crippen LogP contribution in [-0.4, -0.2) is 43.1 Å². The summed E-state index contributed by atoms with van der Waals surface area (Å²) in [4.78, 5) is 12.6. The number of carbonyl (C=O) groups is 1. The van der Waals surface area contributed by atoms with Crippen molar-refractivity contribution in [1.29, 1.82) is 0 Å². The third-order valence-corrected chi connectivity index (χ3v) is 4.23. The molecule has 0 aliphatic carbocycles. The van der Waals surface area contributed by atoms with Crippen molar-refractivity contribution in [2.45, 2.75) is 26.1 Å². The molecule has 0 radical (unpaired) electrons. The highest BCUT2D eigenvalue weighted by atomic mass is 16.5.